The molecule has 0 aliphatic heterocycles. The summed E-state index contributed by atoms with van der Waals surface area (Å²) >= 11 is 0. The van der Waals surface area contributed by atoms with Crippen LogP contribution in [0.15, 0.2) is 36.4 Å². The van der Waals surface area contributed by atoms with E-state index >= 15 is 0 Å². The molecule has 6 heteroatoms. The molecule has 0 aliphatic carbocycles. The van der Waals surface area contributed by atoms with Crippen LogP contribution in [0.3, 0.4) is 0 Å². The minimum Gasteiger partial charge on any atom is -0.490 e. The Labute approximate surface area is 127 Å². The summed E-state index contributed by atoms with van der Waals surface area (Å²) < 4.78 is 4.92. The van der Waals surface area contributed by atoms with E-state index in [1.54, 1.807) is 6.07 Å². The second-order valence-corrected chi connectivity index (χ2v) is 4.92. The van der Waals surface area contributed by atoms with E-state index in [9.17, 15) is 14.9 Å². The van der Waals surface area contributed by atoms with E-state index in [4.69, 9.17) is 4.74 Å². The predicted octanol–water partition coefficient (Wildman–Crippen LogP) is 3.47. The highest BCUT2D eigenvalue weighted by molar-refractivity contribution is 6.05. The molecule has 0 fully saturated rings. The number of amides is 1. The second kappa shape index (κ2) is 6.26. The molecule has 0 bridgehead atoms. The van der Waals surface area contributed by atoms with Gasteiger partial charge in [0.05, 0.1) is 12.0 Å². The first-order chi connectivity index (χ1) is 10.4. The standard InChI is InChI=1S/C16H16N2O4/c1-10-4-6-13(11(2)8-10)17-16(19)12-5-7-15(22-3)14(9-12)18(20)21/h4-9H,1-3H3,(H,17,19). The van der Waals surface area contributed by atoms with Gasteiger partial charge in [0.15, 0.2) is 5.75 Å². The molecule has 0 radical (unpaired) electrons. The molecule has 0 spiro atoms. The van der Waals surface area contributed by atoms with E-state index in [-0.39, 0.29) is 17.0 Å². The second-order valence-electron chi connectivity index (χ2n) is 4.92. The number of hydrogen-bond acceptors (Lipinski definition) is 4. The van der Waals surface area contributed by atoms with Gasteiger partial charge in [-0.1, -0.05) is 17.7 Å². The number of carbonyl (C=O) groups is 1. The van der Waals surface area contributed by atoms with Gasteiger partial charge in [-0.2, -0.15) is 0 Å². The van der Waals surface area contributed by atoms with Crippen LogP contribution in [-0.2, 0) is 0 Å². The molecular formula is C16H16N2O4. The number of carbonyl (C=O) groups excluding carboxylic acids is 1. The Kier molecular flexibility index (Phi) is 4.41. The van der Waals surface area contributed by atoms with Crippen molar-refractivity contribution in [1.29, 1.82) is 0 Å². The smallest absolute Gasteiger partial charge is 0.311 e. The summed E-state index contributed by atoms with van der Waals surface area (Å²) in [5.74, 6) is -0.286. The molecule has 6 nitrogen and oxygen atoms in total. The van der Waals surface area contributed by atoms with Gasteiger partial charge >= 0.3 is 5.69 Å². The fourth-order valence-electron chi connectivity index (χ4n) is 2.12. The Morgan fingerprint density at radius 2 is 1.91 bits per heavy atom. The van der Waals surface area contributed by atoms with Gasteiger partial charge in [0, 0.05) is 17.3 Å². The molecule has 1 amide bonds. The lowest BCUT2D eigenvalue weighted by molar-refractivity contribution is -0.385. The number of hydrogen-bond donors (Lipinski definition) is 1. The predicted molar refractivity (Wildman–Crippen MR) is 83.5 cm³/mol. The summed E-state index contributed by atoms with van der Waals surface area (Å²) in [4.78, 5) is 22.7. The van der Waals surface area contributed by atoms with E-state index < -0.39 is 10.8 Å². The van der Waals surface area contributed by atoms with Crippen molar-refractivity contribution in [3.8, 4) is 5.75 Å². The minimum atomic E-state index is -0.577. The highest BCUT2D eigenvalue weighted by Gasteiger charge is 2.18. The Morgan fingerprint density at radius 3 is 2.50 bits per heavy atom. The molecular weight excluding hydrogens is 284 g/mol. The van der Waals surface area contributed by atoms with Gasteiger partial charge in [-0.15, -0.1) is 0 Å². The average molecular weight is 300 g/mol. The first-order valence-corrected chi connectivity index (χ1v) is 6.63. The first-order valence-electron chi connectivity index (χ1n) is 6.63. The third kappa shape index (κ3) is 3.22. The van der Waals surface area contributed by atoms with Gasteiger partial charge in [0.2, 0.25) is 0 Å². The van der Waals surface area contributed by atoms with E-state index in [2.05, 4.69) is 5.32 Å². The van der Waals surface area contributed by atoms with Gasteiger partial charge < -0.3 is 10.1 Å². The molecule has 2 rings (SSSR count). The Hall–Kier alpha value is -2.89. The lowest BCUT2D eigenvalue weighted by Gasteiger charge is -2.10. The van der Waals surface area contributed by atoms with Crippen molar-refractivity contribution in [2.45, 2.75) is 13.8 Å². The normalized spacial score (nSPS) is 10.1. The Morgan fingerprint density at radius 1 is 1.18 bits per heavy atom. The van der Waals surface area contributed by atoms with Gasteiger partial charge in [0.25, 0.3) is 5.91 Å². The SMILES string of the molecule is COc1ccc(C(=O)Nc2ccc(C)cc2C)cc1[N+](=O)[O-]. The van der Waals surface area contributed by atoms with Gasteiger partial charge in [-0.25, -0.2) is 0 Å². The van der Waals surface area contributed by atoms with Crippen LogP contribution in [0.1, 0.15) is 21.5 Å². The van der Waals surface area contributed by atoms with Crippen molar-refractivity contribution >= 4 is 17.3 Å². The molecule has 22 heavy (non-hydrogen) atoms. The molecule has 0 saturated heterocycles. The maximum Gasteiger partial charge on any atom is 0.311 e. The lowest BCUT2D eigenvalue weighted by Crippen LogP contribution is -2.13. The first kappa shape index (κ1) is 15.5. The number of rotatable bonds is 4. The van der Waals surface area contributed by atoms with Crippen LogP contribution < -0.4 is 10.1 Å². The van der Waals surface area contributed by atoms with Crippen molar-refractivity contribution in [3.63, 3.8) is 0 Å². The van der Waals surface area contributed by atoms with Crippen LogP contribution in [0.5, 0.6) is 5.75 Å². The van der Waals surface area contributed by atoms with Gasteiger partial charge in [-0.3, -0.25) is 14.9 Å². The number of nitrogens with zero attached hydrogens (tertiary/aromatic N) is 1. The monoisotopic (exact) mass is 300 g/mol. The number of methoxy groups -OCH3 is 1. The highest BCUT2D eigenvalue weighted by atomic mass is 16.6. The van der Waals surface area contributed by atoms with Crippen molar-refractivity contribution in [2.24, 2.45) is 0 Å². The number of benzene rings is 2. The van der Waals surface area contributed by atoms with E-state index in [1.165, 1.54) is 25.3 Å². The number of ether oxygens (including phenoxy) is 1. The largest absolute Gasteiger partial charge is 0.490 e. The summed E-state index contributed by atoms with van der Waals surface area (Å²) in [6, 6.07) is 9.75. The molecule has 2 aromatic rings. The van der Waals surface area contributed by atoms with Crippen LogP contribution in [0.4, 0.5) is 11.4 Å². The molecule has 1 N–H and O–H groups in total. The molecule has 0 saturated carbocycles. The molecule has 0 aliphatic rings. The zero-order valence-electron chi connectivity index (χ0n) is 12.5. The molecule has 114 valence electrons. The Balaban J connectivity index is 2.30. The summed E-state index contributed by atoms with van der Waals surface area (Å²) in [5.41, 5.74) is 2.66. The average Bonchev–Trinajstić information content (AvgIpc) is 2.49. The van der Waals surface area contributed by atoms with Crippen molar-refractivity contribution in [3.05, 3.63) is 63.2 Å². The summed E-state index contributed by atoms with van der Waals surface area (Å²) in [6.07, 6.45) is 0. The number of aryl methyl sites for hydroxylation is 2. The fourth-order valence-corrected chi connectivity index (χ4v) is 2.12. The van der Waals surface area contributed by atoms with Crippen LogP contribution >= 0.6 is 0 Å². The zero-order chi connectivity index (χ0) is 16.3. The maximum atomic E-state index is 12.3. The number of nitro benzene ring substituents is 1. The van der Waals surface area contributed by atoms with Crippen LogP contribution in [0.25, 0.3) is 0 Å². The van der Waals surface area contributed by atoms with Crippen molar-refractivity contribution in [1.82, 2.24) is 0 Å². The van der Waals surface area contributed by atoms with Gasteiger partial charge in [-0.05, 0) is 37.6 Å². The maximum absolute atomic E-state index is 12.3. The molecule has 2 aromatic carbocycles. The van der Waals surface area contributed by atoms with Gasteiger partial charge in [0.1, 0.15) is 0 Å². The minimum absolute atomic E-state index is 0.119. The molecule has 0 atom stereocenters. The van der Waals surface area contributed by atoms with Crippen molar-refractivity contribution < 1.29 is 14.5 Å². The van der Waals surface area contributed by atoms with Crippen LogP contribution in [0.2, 0.25) is 0 Å². The molecule has 0 unspecified atom stereocenters. The number of nitrogens with one attached hydrogen (secondary N) is 1. The van der Waals surface area contributed by atoms with E-state index in [1.807, 2.05) is 26.0 Å². The van der Waals surface area contributed by atoms with E-state index in [0.29, 0.717) is 5.69 Å². The Bertz CT molecular complexity index is 741. The highest BCUT2D eigenvalue weighted by Crippen LogP contribution is 2.28. The molecule has 0 heterocycles. The third-order valence-corrected chi connectivity index (χ3v) is 3.27. The number of nitro groups is 1. The topological polar surface area (TPSA) is 81.5 Å². The van der Waals surface area contributed by atoms with E-state index in [0.717, 1.165) is 11.1 Å². The summed E-state index contributed by atoms with van der Waals surface area (Å²) in [6.45, 7) is 3.85. The fraction of sp³-hybridized carbons (Fsp3) is 0.188. The summed E-state index contributed by atoms with van der Waals surface area (Å²) in [7, 11) is 1.34. The van der Waals surface area contributed by atoms with Crippen LogP contribution in [-0.4, -0.2) is 17.9 Å². The van der Waals surface area contributed by atoms with Crippen LogP contribution in [0, 0.1) is 24.0 Å². The summed E-state index contributed by atoms with van der Waals surface area (Å²) in [5, 5.41) is 13.8. The number of anilines is 1. The third-order valence-electron chi connectivity index (χ3n) is 3.27. The lowest BCUT2D eigenvalue weighted by atomic mass is 10.1. The van der Waals surface area contributed by atoms with Crippen molar-refractivity contribution in [2.75, 3.05) is 12.4 Å². The molecule has 0 aromatic heterocycles. The quantitative estimate of drug-likeness (QED) is 0.692. The zero-order valence-corrected chi connectivity index (χ0v) is 12.5.